The Morgan fingerprint density at radius 2 is 2.04 bits per heavy atom. The van der Waals surface area contributed by atoms with E-state index in [0.717, 1.165) is 15.6 Å². The number of anilines is 2. The Hall–Kier alpha value is -3.39. The molecule has 0 atom stereocenters. The largest absolute Gasteiger partial charge is 0.490 e. The van der Waals surface area contributed by atoms with Crippen molar-refractivity contribution in [3.8, 4) is 5.75 Å². The minimum absolute atomic E-state index is 0.145. The molecular weight excluding hydrogens is 378 g/mol. The molecule has 142 valence electrons. The van der Waals surface area contributed by atoms with E-state index in [-0.39, 0.29) is 17.6 Å². The summed E-state index contributed by atoms with van der Waals surface area (Å²) in [5.41, 5.74) is 1.96. The molecular formula is C20H17N3O4S. The third-order valence-corrected chi connectivity index (χ3v) is 4.89. The van der Waals surface area contributed by atoms with Crippen LogP contribution < -0.4 is 15.4 Å². The maximum Gasteiger partial charge on any atom is 0.293 e. The molecule has 2 amide bonds. The normalized spacial score (nSPS) is 10.9. The first-order valence-electron chi connectivity index (χ1n) is 8.68. The van der Waals surface area contributed by atoms with Crippen LogP contribution in [0.3, 0.4) is 0 Å². The van der Waals surface area contributed by atoms with Gasteiger partial charge in [-0.15, -0.1) is 0 Å². The molecule has 2 heterocycles. The van der Waals surface area contributed by atoms with Crippen molar-refractivity contribution in [2.24, 2.45) is 0 Å². The zero-order chi connectivity index (χ0) is 19.7. The quantitative estimate of drug-likeness (QED) is 0.513. The summed E-state index contributed by atoms with van der Waals surface area (Å²) in [6, 6.07) is 12.6. The second-order valence-corrected chi connectivity index (χ2v) is 7.09. The number of para-hydroxylation sites is 1. The maximum atomic E-state index is 12.6. The molecule has 7 nitrogen and oxygen atoms in total. The third kappa shape index (κ3) is 3.54. The Morgan fingerprint density at radius 3 is 2.82 bits per heavy atom. The summed E-state index contributed by atoms with van der Waals surface area (Å²) in [4.78, 5) is 28.2. The molecule has 0 fully saturated rings. The number of aromatic nitrogens is 1. The van der Waals surface area contributed by atoms with Gasteiger partial charge in [-0.25, -0.2) is 4.98 Å². The van der Waals surface area contributed by atoms with Crippen LogP contribution in [0.4, 0.5) is 10.8 Å². The molecule has 2 aromatic carbocycles. The first kappa shape index (κ1) is 18.0. The molecule has 0 unspecified atom stereocenters. The van der Waals surface area contributed by atoms with Crippen LogP contribution in [0.1, 0.15) is 24.4 Å². The summed E-state index contributed by atoms with van der Waals surface area (Å²) >= 11 is 1.32. The van der Waals surface area contributed by atoms with Crippen LogP contribution in [-0.4, -0.2) is 23.4 Å². The number of nitrogens with one attached hydrogen (secondary N) is 2. The van der Waals surface area contributed by atoms with E-state index in [9.17, 15) is 9.59 Å². The lowest BCUT2D eigenvalue weighted by Gasteiger charge is -2.02. The number of amides is 2. The summed E-state index contributed by atoms with van der Waals surface area (Å²) in [7, 11) is 0. The minimum atomic E-state index is -0.389. The average molecular weight is 395 g/mol. The molecule has 4 rings (SSSR count). The number of carbonyl (C=O) groups is 2. The highest BCUT2D eigenvalue weighted by molar-refractivity contribution is 7.22. The number of carbonyl (C=O) groups excluding carboxylic acids is 2. The number of fused-ring (bicyclic) bond motifs is 2. The van der Waals surface area contributed by atoms with Gasteiger partial charge in [0.25, 0.3) is 5.91 Å². The van der Waals surface area contributed by atoms with Crippen LogP contribution in [0.25, 0.3) is 21.2 Å². The van der Waals surface area contributed by atoms with Crippen molar-refractivity contribution in [2.75, 3.05) is 17.2 Å². The van der Waals surface area contributed by atoms with Gasteiger partial charge in [-0.2, -0.15) is 0 Å². The fourth-order valence-electron chi connectivity index (χ4n) is 2.84. The van der Waals surface area contributed by atoms with E-state index in [1.54, 1.807) is 24.3 Å². The number of hydrogen-bond acceptors (Lipinski definition) is 6. The first-order chi connectivity index (χ1) is 13.5. The van der Waals surface area contributed by atoms with E-state index in [0.29, 0.717) is 28.8 Å². The van der Waals surface area contributed by atoms with Gasteiger partial charge in [0.05, 0.1) is 16.8 Å². The Morgan fingerprint density at radius 1 is 1.18 bits per heavy atom. The number of benzene rings is 2. The first-order valence-corrected chi connectivity index (χ1v) is 9.50. The number of thiazole rings is 1. The molecule has 28 heavy (non-hydrogen) atoms. The van der Waals surface area contributed by atoms with Crippen LogP contribution in [0.5, 0.6) is 5.75 Å². The molecule has 2 aromatic heterocycles. The molecule has 0 spiro atoms. The number of ether oxygens (including phenoxy) is 1. The summed E-state index contributed by atoms with van der Waals surface area (Å²) in [6.45, 7) is 3.85. The van der Waals surface area contributed by atoms with E-state index in [1.807, 2.05) is 25.1 Å². The Balaban J connectivity index is 1.58. The zero-order valence-electron chi connectivity index (χ0n) is 15.2. The van der Waals surface area contributed by atoms with Crippen LogP contribution in [0, 0.1) is 0 Å². The number of nitrogens with zero attached hydrogens (tertiary/aromatic N) is 1. The van der Waals surface area contributed by atoms with Gasteiger partial charge in [0.2, 0.25) is 5.91 Å². The van der Waals surface area contributed by atoms with Crippen LogP contribution in [-0.2, 0) is 4.79 Å². The second-order valence-electron chi connectivity index (χ2n) is 6.05. The van der Waals surface area contributed by atoms with Gasteiger partial charge in [-0.05, 0) is 37.3 Å². The Bertz CT molecular complexity index is 1190. The molecule has 4 aromatic rings. The molecule has 0 saturated heterocycles. The van der Waals surface area contributed by atoms with E-state index in [1.165, 1.54) is 18.3 Å². The molecule has 2 N–H and O–H groups in total. The smallest absolute Gasteiger partial charge is 0.293 e. The van der Waals surface area contributed by atoms with E-state index in [4.69, 9.17) is 9.15 Å². The van der Waals surface area contributed by atoms with Crippen molar-refractivity contribution >= 4 is 55.2 Å². The van der Waals surface area contributed by atoms with Gasteiger partial charge in [0.1, 0.15) is 0 Å². The fourth-order valence-corrected chi connectivity index (χ4v) is 3.74. The molecule has 0 aliphatic heterocycles. The maximum absolute atomic E-state index is 12.6. The highest BCUT2D eigenvalue weighted by Crippen LogP contribution is 2.31. The van der Waals surface area contributed by atoms with Crippen molar-refractivity contribution in [1.29, 1.82) is 0 Å². The monoisotopic (exact) mass is 395 g/mol. The lowest BCUT2D eigenvalue weighted by molar-refractivity contribution is -0.114. The van der Waals surface area contributed by atoms with E-state index >= 15 is 0 Å². The van der Waals surface area contributed by atoms with Crippen molar-refractivity contribution in [3.05, 3.63) is 48.2 Å². The standard InChI is InChI=1S/C20H17N3O4S/c1-3-26-15-6-4-5-12-9-16(27-18(12)15)19(25)23-20-22-14-8-7-13(21-11(2)24)10-17(14)28-20/h4-10H,3H2,1-2H3,(H,21,24)(H,22,23,25). The van der Waals surface area contributed by atoms with Crippen LogP contribution >= 0.6 is 11.3 Å². The zero-order valence-corrected chi connectivity index (χ0v) is 16.1. The van der Waals surface area contributed by atoms with Gasteiger partial charge in [0, 0.05) is 18.0 Å². The molecule has 0 saturated carbocycles. The predicted molar refractivity (Wildman–Crippen MR) is 109 cm³/mol. The summed E-state index contributed by atoms with van der Waals surface area (Å²) in [5.74, 6) is 0.248. The fraction of sp³-hybridized carbons (Fsp3) is 0.150. The predicted octanol–water partition coefficient (Wildman–Crippen LogP) is 4.65. The van der Waals surface area contributed by atoms with Crippen molar-refractivity contribution in [1.82, 2.24) is 4.98 Å². The Kier molecular flexibility index (Phi) is 4.70. The molecule has 8 heteroatoms. The highest BCUT2D eigenvalue weighted by atomic mass is 32.1. The SMILES string of the molecule is CCOc1cccc2cc(C(=O)Nc3nc4ccc(NC(C)=O)cc4s3)oc12. The summed E-state index contributed by atoms with van der Waals surface area (Å²) in [5, 5.41) is 6.74. The van der Waals surface area contributed by atoms with Gasteiger partial charge < -0.3 is 14.5 Å². The van der Waals surface area contributed by atoms with Crippen molar-refractivity contribution in [2.45, 2.75) is 13.8 Å². The molecule has 0 radical (unpaired) electrons. The van der Waals surface area contributed by atoms with Crippen molar-refractivity contribution < 1.29 is 18.7 Å². The molecule has 0 bridgehead atoms. The third-order valence-electron chi connectivity index (χ3n) is 3.96. The van der Waals surface area contributed by atoms with E-state index in [2.05, 4.69) is 15.6 Å². The topological polar surface area (TPSA) is 93.5 Å². The van der Waals surface area contributed by atoms with Gasteiger partial charge in [0.15, 0.2) is 22.2 Å². The summed E-state index contributed by atoms with van der Waals surface area (Å²) < 4.78 is 12.1. The van der Waals surface area contributed by atoms with Crippen molar-refractivity contribution in [3.63, 3.8) is 0 Å². The van der Waals surface area contributed by atoms with Crippen LogP contribution in [0.15, 0.2) is 46.9 Å². The lowest BCUT2D eigenvalue weighted by Crippen LogP contribution is -2.10. The molecule has 0 aliphatic rings. The van der Waals surface area contributed by atoms with Gasteiger partial charge in [-0.1, -0.05) is 23.5 Å². The Labute approximate surface area is 164 Å². The van der Waals surface area contributed by atoms with E-state index < -0.39 is 0 Å². The van der Waals surface area contributed by atoms with Gasteiger partial charge >= 0.3 is 0 Å². The van der Waals surface area contributed by atoms with Gasteiger partial charge in [-0.3, -0.25) is 14.9 Å². The number of rotatable bonds is 5. The lowest BCUT2D eigenvalue weighted by atomic mass is 10.2. The average Bonchev–Trinajstić information content (AvgIpc) is 3.25. The minimum Gasteiger partial charge on any atom is -0.490 e. The molecule has 0 aliphatic carbocycles. The number of furan rings is 1. The number of hydrogen-bond donors (Lipinski definition) is 2. The summed E-state index contributed by atoms with van der Waals surface area (Å²) in [6.07, 6.45) is 0. The van der Waals surface area contributed by atoms with Crippen LogP contribution in [0.2, 0.25) is 0 Å². The highest BCUT2D eigenvalue weighted by Gasteiger charge is 2.17. The second kappa shape index (κ2) is 7.32.